The van der Waals surface area contributed by atoms with Crippen LogP contribution in [0.2, 0.25) is 0 Å². The Bertz CT molecular complexity index is 1060. The Morgan fingerprint density at radius 1 is 1.03 bits per heavy atom. The van der Waals surface area contributed by atoms with Crippen LogP contribution in [-0.2, 0) is 24.5 Å². The number of nitrogens with zero attached hydrogens (tertiary/aromatic N) is 2. The summed E-state index contributed by atoms with van der Waals surface area (Å²) in [5.41, 5.74) is 0.710. The highest BCUT2D eigenvalue weighted by molar-refractivity contribution is 6.10. The molecular formula is C28H34N2O5. The molecule has 0 saturated carbocycles. The molecule has 7 heteroatoms. The smallest absolute Gasteiger partial charge is 0.240 e. The van der Waals surface area contributed by atoms with E-state index in [0.29, 0.717) is 30.3 Å². The highest BCUT2D eigenvalue weighted by Crippen LogP contribution is 2.41. The van der Waals surface area contributed by atoms with Gasteiger partial charge in [0.1, 0.15) is 5.75 Å². The van der Waals surface area contributed by atoms with Crippen LogP contribution in [0.1, 0.15) is 49.1 Å². The van der Waals surface area contributed by atoms with Gasteiger partial charge in [-0.1, -0.05) is 42.5 Å². The van der Waals surface area contributed by atoms with Crippen molar-refractivity contribution in [1.29, 1.82) is 0 Å². The molecule has 2 fully saturated rings. The summed E-state index contributed by atoms with van der Waals surface area (Å²) in [5, 5.41) is 0. The summed E-state index contributed by atoms with van der Waals surface area (Å²) in [5.74, 6) is 0.308. The quantitative estimate of drug-likeness (QED) is 0.543. The van der Waals surface area contributed by atoms with Gasteiger partial charge >= 0.3 is 0 Å². The van der Waals surface area contributed by atoms with Crippen LogP contribution in [0.4, 0.5) is 0 Å². The van der Waals surface area contributed by atoms with Gasteiger partial charge in [-0.15, -0.1) is 0 Å². The van der Waals surface area contributed by atoms with Crippen molar-refractivity contribution < 1.29 is 23.9 Å². The van der Waals surface area contributed by atoms with Gasteiger partial charge < -0.3 is 14.4 Å². The monoisotopic (exact) mass is 478 g/mol. The molecular weight excluding hydrogens is 444 g/mol. The number of methoxy groups -OCH3 is 2. The maximum absolute atomic E-state index is 13.7. The zero-order valence-electron chi connectivity index (χ0n) is 20.6. The van der Waals surface area contributed by atoms with Crippen molar-refractivity contribution in [3.8, 4) is 5.75 Å². The second-order valence-corrected chi connectivity index (χ2v) is 9.43. The summed E-state index contributed by atoms with van der Waals surface area (Å²) in [7, 11) is 3.09. The average molecular weight is 479 g/mol. The number of carbonyl (C=O) groups excluding carboxylic acids is 3. The van der Waals surface area contributed by atoms with Crippen LogP contribution >= 0.6 is 0 Å². The zero-order chi connectivity index (χ0) is 24.8. The Hall–Kier alpha value is -3.19. The van der Waals surface area contributed by atoms with Gasteiger partial charge in [-0.2, -0.15) is 0 Å². The zero-order valence-corrected chi connectivity index (χ0v) is 20.6. The van der Waals surface area contributed by atoms with Gasteiger partial charge in [0, 0.05) is 33.0 Å². The lowest BCUT2D eigenvalue weighted by Crippen LogP contribution is -2.44. The van der Waals surface area contributed by atoms with E-state index in [1.54, 1.807) is 25.3 Å². The number of imide groups is 1. The fourth-order valence-electron chi connectivity index (χ4n) is 5.37. The summed E-state index contributed by atoms with van der Waals surface area (Å²) in [6.07, 6.45) is 2.75. The number of rotatable bonds is 8. The molecule has 2 aromatic carbocycles. The first kappa shape index (κ1) is 24.9. The lowest BCUT2D eigenvalue weighted by Gasteiger charge is -2.30. The van der Waals surface area contributed by atoms with Crippen molar-refractivity contribution in [2.45, 2.75) is 43.4 Å². The molecule has 2 saturated heterocycles. The van der Waals surface area contributed by atoms with E-state index in [9.17, 15) is 14.4 Å². The molecule has 7 nitrogen and oxygen atoms in total. The van der Waals surface area contributed by atoms with E-state index in [4.69, 9.17) is 9.47 Å². The van der Waals surface area contributed by atoms with Crippen molar-refractivity contribution in [2.75, 3.05) is 40.5 Å². The van der Waals surface area contributed by atoms with Gasteiger partial charge in [0.05, 0.1) is 25.7 Å². The van der Waals surface area contributed by atoms with Crippen LogP contribution in [0.3, 0.4) is 0 Å². The summed E-state index contributed by atoms with van der Waals surface area (Å²) in [4.78, 5) is 43.4. The van der Waals surface area contributed by atoms with Crippen LogP contribution in [0.5, 0.6) is 5.75 Å². The van der Waals surface area contributed by atoms with Gasteiger partial charge in [-0.3, -0.25) is 19.3 Å². The van der Waals surface area contributed by atoms with E-state index in [1.165, 1.54) is 17.6 Å². The highest BCUT2D eigenvalue weighted by atomic mass is 16.5. The Balaban J connectivity index is 1.57. The molecule has 2 aliphatic heterocycles. The number of carbonyl (C=O) groups is 3. The van der Waals surface area contributed by atoms with E-state index in [-0.39, 0.29) is 43.7 Å². The van der Waals surface area contributed by atoms with Gasteiger partial charge in [-0.25, -0.2) is 0 Å². The first-order chi connectivity index (χ1) is 17.0. The van der Waals surface area contributed by atoms with Gasteiger partial charge in [0.15, 0.2) is 0 Å². The minimum Gasteiger partial charge on any atom is -0.497 e. The Kier molecular flexibility index (Phi) is 7.86. The number of ether oxygens (including phenoxy) is 2. The number of amides is 3. The lowest BCUT2D eigenvalue weighted by molar-refractivity contribution is -0.143. The molecule has 3 amide bonds. The SMILES string of the molecule is COCCN1C(=O)C[C@](CC(=O)N2CCC[C@H](c3ccccc3)CC2)(c2cccc(OC)c2)C1=O. The first-order valence-corrected chi connectivity index (χ1v) is 12.3. The number of hydrogen-bond acceptors (Lipinski definition) is 5. The second-order valence-electron chi connectivity index (χ2n) is 9.43. The topological polar surface area (TPSA) is 76.2 Å². The number of likely N-dealkylation sites (tertiary alicyclic amines) is 2. The van der Waals surface area contributed by atoms with Crippen molar-refractivity contribution in [2.24, 2.45) is 0 Å². The van der Waals surface area contributed by atoms with Gasteiger partial charge in [0.25, 0.3) is 0 Å². The Labute approximate surface area is 207 Å². The van der Waals surface area contributed by atoms with Crippen molar-refractivity contribution >= 4 is 17.7 Å². The molecule has 2 aromatic rings. The maximum Gasteiger partial charge on any atom is 0.240 e. The molecule has 2 heterocycles. The minimum absolute atomic E-state index is 0.0328. The number of benzene rings is 2. The molecule has 2 aliphatic rings. The third-order valence-electron chi connectivity index (χ3n) is 7.35. The molecule has 0 N–H and O–H groups in total. The standard InChI is InChI=1S/C28H34N2O5/c1-34-17-16-30-26(32)20-28(27(30)33,23-11-6-12-24(18-23)35-2)19-25(31)29-14-7-10-22(13-15-29)21-8-4-3-5-9-21/h3-6,8-9,11-12,18,22H,7,10,13-17,19-20H2,1-2H3/t22-,28+/m0/s1. The van der Waals surface area contributed by atoms with Crippen molar-refractivity contribution in [3.05, 3.63) is 65.7 Å². The molecule has 0 bridgehead atoms. The minimum atomic E-state index is -1.23. The van der Waals surface area contributed by atoms with Crippen LogP contribution < -0.4 is 4.74 Å². The molecule has 186 valence electrons. The molecule has 0 aliphatic carbocycles. The van der Waals surface area contributed by atoms with Crippen LogP contribution in [0, 0.1) is 0 Å². The molecule has 35 heavy (non-hydrogen) atoms. The largest absolute Gasteiger partial charge is 0.497 e. The Morgan fingerprint density at radius 3 is 2.57 bits per heavy atom. The van der Waals surface area contributed by atoms with Crippen molar-refractivity contribution in [1.82, 2.24) is 9.80 Å². The summed E-state index contributed by atoms with van der Waals surface area (Å²) in [6, 6.07) is 17.6. The van der Waals surface area contributed by atoms with Crippen LogP contribution in [0.25, 0.3) is 0 Å². The fourth-order valence-corrected chi connectivity index (χ4v) is 5.37. The van der Waals surface area contributed by atoms with E-state index in [0.717, 1.165) is 19.3 Å². The van der Waals surface area contributed by atoms with E-state index in [2.05, 4.69) is 24.3 Å². The van der Waals surface area contributed by atoms with Crippen LogP contribution in [-0.4, -0.2) is 68.0 Å². The highest BCUT2D eigenvalue weighted by Gasteiger charge is 2.54. The van der Waals surface area contributed by atoms with E-state index >= 15 is 0 Å². The average Bonchev–Trinajstić information content (AvgIpc) is 3.04. The predicted molar refractivity (Wildman–Crippen MR) is 132 cm³/mol. The summed E-state index contributed by atoms with van der Waals surface area (Å²) < 4.78 is 10.5. The Morgan fingerprint density at radius 2 is 1.83 bits per heavy atom. The second kappa shape index (κ2) is 11.0. The molecule has 4 rings (SSSR count). The van der Waals surface area contributed by atoms with Crippen molar-refractivity contribution in [3.63, 3.8) is 0 Å². The third kappa shape index (κ3) is 5.25. The van der Waals surface area contributed by atoms with Gasteiger partial charge in [-0.05, 0) is 48.4 Å². The third-order valence-corrected chi connectivity index (χ3v) is 7.35. The molecule has 0 unspecified atom stereocenters. The fraction of sp³-hybridized carbons (Fsp3) is 0.464. The van der Waals surface area contributed by atoms with E-state index < -0.39 is 5.41 Å². The van der Waals surface area contributed by atoms with E-state index in [1.807, 2.05) is 17.0 Å². The van der Waals surface area contributed by atoms with Crippen LogP contribution in [0.15, 0.2) is 54.6 Å². The maximum atomic E-state index is 13.7. The molecule has 0 radical (unpaired) electrons. The molecule has 0 aromatic heterocycles. The number of hydrogen-bond donors (Lipinski definition) is 0. The summed E-state index contributed by atoms with van der Waals surface area (Å²) >= 11 is 0. The molecule has 0 spiro atoms. The first-order valence-electron chi connectivity index (χ1n) is 12.3. The molecule has 2 atom stereocenters. The lowest BCUT2D eigenvalue weighted by atomic mass is 9.75. The summed E-state index contributed by atoms with van der Waals surface area (Å²) in [6.45, 7) is 1.73. The van der Waals surface area contributed by atoms with Gasteiger partial charge in [0.2, 0.25) is 17.7 Å². The normalized spacial score (nSPS) is 22.9. The predicted octanol–water partition coefficient (Wildman–Crippen LogP) is 3.52.